The van der Waals surface area contributed by atoms with E-state index in [0.29, 0.717) is 6.04 Å². The highest BCUT2D eigenvalue weighted by molar-refractivity contribution is 5.83. The van der Waals surface area contributed by atoms with Crippen LogP contribution >= 0.6 is 0 Å². The third-order valence-corrected chi connectivity index (χ3v) is 4.03. The van der Waals surface area contributed by atoms with Gasteiger partial charge in [-0.2, -0.15) is 5.10 Å². The largest absolute Gasteiger partial charge is 0.353 e. The first-order valence-corrected chi connectivity index (χ1v) is 7.33. The average Bonchev–Trinajstić information content (AvgIpc) is 3.06. The smallest absolute Gasteiger partial charge is 0.241 e. The molecule has 6 nitrogen and oxygen atoms in total. The van der Waals surface area contributed by atoms with Crippen molar-refractivity contribution in [3.63, 3.8) is 0 Å². The zero-order valence-corrected chi connectivity index (χ0v) is 12.6. The summed E-state index contributed by atoms with van der Waals surface area (Å²) in [6, 6.07) is 0.149. The SMILES string of the molecule is CCN1CCCC1CNC(=O)C(NC)c1cnn(C)c1. The Morgan fingerprint density at radius 2 is 2.40 bits per heavy atom. The second-order valence-corrected chi connectivity index (χ2v) is 5.34. The number of rotatable bonds is 6. The minimum atomic E-state index is -0.333. The predicted molar refractivity (Wildman–Crippen MR) is 78.3 cm³/mol. The van der Waals surface area contributed by atoms with Crippen LogP contribution < -0.4 is 10.6 Å². The fraction of sp³-hybridized carbons (Fsp3) is 0.714. The molecule has 0 aliphatic carbocycles. The van der Waals surface area contributed by atoms with Crippen LogP contribution in [0, 0.1) is 0 Å². The number of likely N-dealkylation sites (tertiary alicyclic amines) is 1. The van der Waals surface area contributed by atoms with Crippen LogP contribution in [-0.2, 0) is 11.8 Å². The summed E-state index contributed by atoms with van der Waals surface area (Å²) in [6.45, 7) is 5.10. The van der Waals surface area contributed by atoms with Gasteiger partial charge in [-0.25, -0.2) is 0 Å². The highest BCUT2D eigenvalue weighted by atomic mass is 16.2. The van der Waals surface area contributed by atoms with Gasteiger partial charge in [0.25, 0.3) is 0 Å². The van der Waals surface area contributed by atoms with Gasteiger partial charge >= 0.3 is 0 Å². The average molecular weight is 279 g/mol. The van der Waals surface area contributed by atoms with E-state index in [1.54, 1.807) is 17.9 Å². The van der Waals surface area contributed by atoms with E-state index in [1.165, 1.54) is 12.8 Å². The molecule has 0 radical (unpaired) electrons. The summed E-state index contributed by atoms with van der Waals surface area (Å²) in [5.74, 6) is 0.0171. The van der Waals surface area contributed by atoms with Gasteiger partial charge in [0, 0.05) is 31.4 Å². The lowest BCUT2D eigenvalue weighted by molar-refractivity contribution is -0.123. The Labute approximate surface area is 120 Å². The second kappa shape index (κ2) is 6.85. The van der Waals surface area contributed by atoms with E-state index >= 15 is 0 Å². The van der Waals surface area contributed by atoms with E-state index < -0.39 is 0 Å². The molecule has 20 heavy (non-hydrogen) atoms. The molecule has 0 bridgehead atoms. The van der Waals surface area contributed by atoms with Crippen molar-refractivity contribution >= 4 is 5.91 Å². The minimum Gasteiger partial charge on any atom is -0.353 e. The molecular weight excluding hydrogens is 254 g/mol. The summed E-state index contributed by atoms with van der Waals surface area (Å²) >= 11 is 0. The molecule has 0 saturated carbocycles. The standard InChI is InChI=1S/C14H25N5O/c1-4-19-7-5-6-12(19)9-16-14(20)13(15-2)11-8-17-18(3)10-11/h8,10,12-13,15H,4-7,9H2,1-3H3,(H,16,20). The van der Waals surface area contributed by atoms with Gasteiger partial charge in [-0.05, 0) is 33.0 Å². The number of carbonyl (C=O) groups is 1. The molecule has 1 aromatic heterocycles. The van der Waals surface area contributed by atoms with Crippen molar-refractivity contribution in [2.75, 3.05) is 26.7 Å². The fourth-order valence-corrected chi connectivity index (χ4v) is 2.90. The van der Waals surface area contributed by atoms with E-state index in [-0.39, 0.29) is 11.9 Å². The summed E-state index contributed by atoms with van der Waals surface area (Å²) < 4.78 is 1.71. The molecule has 1 aromatic rings. The maximum atomic E-state index is 12.3. The third kappa shape index (κ3) is 3.37. The lowest BCUT2D eigenvalue weighted by Crippen LogP contribution is -2.43. The topological polar surface area (TPSA) is 62.2 Å². The first-order chi connectivity index (χ1) is 9.65. The summed E-state index contributed by atoms with van der Waals surface area (Å²) in [5.41, 5.74) is 0.895. The number of nitrogens with one attached hydrogen (secondary N) is 2. The number of aromatic nitrogens is 2. The van der Waals surface area contributed by atoms with Gasteiger partial charge in [-0.1, -0.05) is 6.92 Å². The molecule has 2 heterocycles. The molecule has 2 N–H and O–H groups in total. The van der Waals surface area contributed by atoms with Crippen molar-refractivity contribution in [2.24, 2.45) is 7.05 Å². The van der Waals surface area contributed by atoms with E-state index in [9.17, 15) is 4.79 Å². The van der Waals surface area contributed by atoms with Gasteiger partial charge < -0.3 is 10.6 Å². The van der Waals surface area contributed by atoms with Gasteiger partial charge in [0.2, 0.25) is 5.91 Å². The third-order valence-electron chi connectivity index (χ3n) is 4.03. The number of nitrogens with zero attached hydrogens (tertiary/aromatic N) is 3. The summed E-state index contributed by atoms with van der Waals surface area (Å²) in [4.78, 5) is 14.7. The van der Waals surface area contributed by atoms with Crippen LogP contribution in [0.2, 0.25) is 0 Å². The summed E-state index contributed by atoms with van der Waals surface area (Å²) in [5, 5.41) is 10.2. The Hall–Kier alpha value is -1.40. The monoisotopic (exact) mass is 279 g/mol. The highest BCUT2D eigenvalue weighted by Gasteiger charge is 2.25. The normalized spacial score (nSPS) is 21.1. The van der Waals surface area contributed by atoms with Crippen molar-refractivity contribution < 1.29 is 4.79 Å². The van der Waals surface area contributed by atoms with Gasteiger partial charge in [0.1, 0.15) is 6.04 Å². The van der Waals surface area contributed by atoms with Crippen molar-refractivity contribution in [1.29, 1.82) is 0 Å². The van der Waals surface area contributed by atoms with Gasteiger partial charge in [-0.3, -0.25) is 14.4 Å². The molecule has 112 valence electrons. The molecule has 1 amide bonds. The Bertz CT molecular complexity index is 445. The van der Waals surface area contributed by atoms with Crippen molar-refractivity contribution in [3.8, 4) is 0 Å². The maximum absolute atomic E-state index is 12.3. The van der Waals surface area contributed by atoms with Gasteiger partial charge in [0.15, 0.2) is 0 Å². The predicted octanol–water partition coefficient (Wildman–Crippen LogP) is 0.281. The van der Waals surface area contributed by atoms with Crippen LogP contribution in [0.1, 0.15) is 31.4 Å². The van der Waals surface area contributed by atoms with Gasteiger partial charge in [0.05, 0.1) is 6.20 Å². The van der Waals surface area contributed by atoms with Gasteiger partial charge in [-0.15, -0.1) is 0 Å². The molecule has 1 aliphatic heterocycles. The maximum Gasteiger partial charge on any atom is 0.241 e. The molecule has 0 spiro atoms. The lowest BCUT2D eigenvalue weighted by Gasteiger charge is -2.24. The minimum absolute atomic E-state index is 0.0171. The Morgan fingerprint density at radius 1 is 1.60 bits per heavy atom. The number of likely N-dealkylation sites (N-methyl/N-ethyl adjacent to an activating group) is 2. The summed E-state index contributed by atoms with van der Waals surface area (Å²) in [6.07, 6.45) is 6.00. The van der Waals surface area contributed by atoms with Crippen LogP contribution in [0.15, 0.2) is 12.4 Å². The molecule has 1 aliphatic rings. The second-order valence-electron chi connectivity index (χ2n) is 5.34. The Morgan fingerprint density at radius 3 is 3.00 bits per heavy atom. The molecule has 2 atom stereocenters. The first kappa shape index (κ1) is 15.0. The number of amides is 1. The lowest BCUT2D eigenvalue weighted by atomic mass is 10.1. The quantitative estimate of drug-likeness (QED) is 0.785. The van der Waals surface area contributed by atoms with E-state index in [2.05, 4.69) is 27.6 Å². The van der Waals surface area contributed by atoms with E-state index in [1.807, 2.05) is 13.2 Å². The summed E-state index contributed by atoms with van der Waals surface area (Å²) in [7, 11) is 3.65. The molecule has 2 unspecified atom stereocenters. The zero-order chi connectivity index (χ0) is 14.5. The Kier molecular flexibility index (Phi) is 5.14. The first-order valence-electron chi connectivity index (χ1n) is 7.33. The van der Waals surface area contributed by atoms with Crippen LogP contribution in [0.5, 0.6) is 0 Å². The zero-order valence-electron chi connectivity index (χ0n) is 12.6. The van der Waals surface area contributed by atoms with Crippen molar-refractivity contribution in [3.05, 3.63) is 18.0 Å². The van der Waals surface area contributed by atoms with Crippen LogP contribution in [-0.4, -0.2) is 53.3 Å². The van der Waals surface area contributed by atoms with E-state index in [0.717, 1.165) is 25.2 Å². The van der Waals surface area contributed by atoms with Crippen LogP contribution in [0.3, 0.4) is 0 Å². The Balaban J connectivity index is 1.90. The molecular formula is C14H25N5O. The number of carbonyl (C=O) groups excluding carboxylic acids is 1. The highest BCUT2D eigenvalue weighted by Crippen LogP contribution is 2.16. The van der Waals surface area contributed by atoms with Crippen LogP contribution in [0.25, 0.3) is 0 Å². The van der Waals surface area contributed by atoms with E-state index in [4.69, 9.17) is 0 Å². The number of aryl methyl sites for hydroxylation is 1. The van der Waals surface area contributed by atoms with Crippen LogP contribution in [0.4, 0.5) is 0 Å². The molecule has 2 rings (SSSR count). The fourth-order valence-electron chi connectivity index (χ4n) is 2.90. The number of hydrogen-bond donors (Lipinski definition) is 2. The molecule has 1 saturated heterocycles. The molecule has 6 heteroatoms. The van der Waals surface area contributed by atoms with Crippen molar-refractivity contribution in [2.45, 2.75) is 31.8 Å². The van der Waals surface area contributed by atoms with Crippen molar-refractivity contribution in [1.82, 2.24) is 25.3 Å². The molecule has 1 fully saturated rings. The molecule has 0 aromatic carbocycles. The number of hydrogen-bond acceptors (Lipinski definition) is 4.